The zero-order chi connectivity index (χ0) is 40.1. The maximum absolute atomic E-state index is 2.42. The van der Waals surface area contributed by atoms with Gasteiger partial charge in [-0.25, -0.2) is 0 Å². The molecule has 2 heteroatoms. The Kier molecular flexibility index (Phi) is 10.3. The Morgan fingerprint density at radius 1 is 0.333 bits per heavy atom. The quantitative estimate of drug-likeness (QED) is 0.128. The summed E-state index contributed by atoms with van der Waals surface area (Å²) >= 11 is 0. The first kappa shape index (κ1) is 36.9. The molecule has 2 aliphatic carbocycles. The lowest BCUT2D eigenvalue weighted by atomic mass is 9.96. The van der Waals surface area contributed by atoms with Gasteiger partial charge in [-0.05, 0) is 118 Å². The van der Waals surface area contributed by atoms with E-state index in [-0.39, 0.29) is 0 Å². The molecule has 0 unspecified atom stereocenters. The highest BCUT2D eigenvalue weighted by Gasteiger charge is 2.20. The van der Waals surface area contributed by atoms with E-state index in [9.17, 15) is 0 Å². The predicted molar refractivity (Wildman–Crippen MR) is 258 cm³/mol. The van der Waals surface area contributed by atoms with Crippen LogP contribution < -0.4 is 9.80 Å². The summed E-state index contributed by atoms with van der Waals surface area (Å²) in [4.78, 5) is 4.83. The fourth-order valence-electron chi connectivity index (χ4n) is 8.74. The fourth-order valence-corrected chi connectivity index (χ4v) is 8.74. The molecule has 2 aliphatic rings. The van der Waals surface area contributed by atoms with Gasteiger partial charge in [0.2, 0.25) is 0 Å². The first-order chi connectivity index (χ1) is 29.8. The molecule has 0 atom stereocenters. The summed E-state index contributed by atoms with van der Waals surface area (Å²) in [5.41, 5.74) is 14.3. The lowest BCUT2D eigenvalue weighted by Crippen LogP contribution is -2.16. The van der Waals surface area contributed by atoms with Gasteiger partial charge in [0.15, 0.2) is 0 Å². The van der Waals surface area contributed by atoms with E-state index in [4.69, 9.17) is 0 Å². The minimum absolute atomic E-state index is 1.03. The summed E-state index contributed by atoms with van der Waals surface area (Å²) in [5, 5.41) is 4.97. The maximum Gasteiger partial charge on any atom is 0.0540 e. The van der Waals surface area contributed by atoms with Gasteiger partial charge >= 0.3 is 0 Å². The largest absolute Gasteiger partial charge is 0.310 e. The Hall–Kier alpha value is -7.42. The van der Waals surface area contributed by atoms with Crippen LogP contribution in [0.5, 0.6) is 0 Å². The van der Waals surface area contributed by atoms with E-state index >= 15 is 0 Å². The van der Waals surface area contributed by atoms with E-state index in [1.165, 1.54) is 66.6 Å². The third-order valence-electron chi connectivity index (χ3n) is 11.7. The van der Waals surface area contributed by atoms with Crippen LogP contribution in [0.1, 0.15) is 36.8 Å². The van der Waals surface area contributed by atoms with Gasteiger partial charge in [0.1, 0.15) is 0 Å². The minimum atomic E-state index is 1.03. The van der Waals surface area contributed by atoms with Crippen LogP contribution in [0.4, 0.5) is 22.7 Å². The topological polar surface area (TPSA) is 6.48 Å². The highest BCUT2D eigenvalue weighted by Crippen LogP contribution is 2.42. The lowest BCUT2D eigenvalue weighted by molar-refractivity contribution is 0.998. The minimum Gasteiger partial charge on any atom is -0.310 e. The molecule has 0 bridgehead atoms. The smallest absolute Gasteiger partial charge is 0.0540 e. The second kappa shape index (κ2) is 16.8. The number of benzene rings is 8. The molecule has 8 aromatic carbocycles. The van der Waals surface area contributed by atoms with Gasteiger partial charge < -0.3 is 9.80 Å². The molecule has 0 spiro atoms. The van der Waals surface area contributed by atoms with Crippen LogP contribution >= 0.6 is 0 Å². The van der Waals surface area contributed by atoms with Crippen molar-refractivity contribution in [1.29, 1.82) is 0 Å². The van der Waals surface area contributed by atoms with Crippen molar-refractivity contribution in [2.24, 2.45) is 0 Å². The number of fused-ring (bicyclic) bond motifs is 2. The van der Waals surface area contributed by atoms with E-state index in [1.807, 2.05) is 0 Å². The van der Waals surface area contributed by atoms with Crippen LogP contribution in [0.3, 0.4) is 0 Å². The van der Waals surface area contributed by atoms with Gasteiger partial charge in [0, 0.05) is 33.5 Å². The van der Waals surface area contributed by atoms with E-state index in [0.29, 0.717) is 0 Å². The highest BCUT2D eigenvalue weighted by atomic mass is 15.2. The van der Waals surface area contributed by atoms with Crippen molar-refractivity contribution in [3.05, 3.63) is 241 Å². The molecule has 0 aromatic heterocycles. The third kappa shape index (κ3) is 7.40. The summed E-state index contributed by atoms with van der Waals surface area (Å²) in [7, 11) is 0. The number of rotatable bonds is 10. The second-order valence-corrected chi connectivity index (χ2v) is 15.5. The maximum atomic E-state index is 2.42. The first-order valence-electron chi connectivity index (χ1n) is 21.1. The third-order valence-corrected chi connectivity index (χ3v) is 11.7. The van der Waals surface area contributed by atoms with Crippen molar-refractivity contribution < 1.29 is 0 Å². The monoisotopic (exact) mass is 770 g/mol. The van der Waals surface area contributed by atoms with Crippen molar-refractivity contribution in [2.45, 2.75) is 25.7 Å². The van der Waals surface area contributed by atoms with E-state index in [1.54, 1.807) is 0 Å². The van der Waals surface area contributed by atoms with Crippen molar-refractivity contribution in [3.8, 4) is 22.3 Å². The Labute approximate surface area is 353 Å². The molecule has 0 saturated carbocycles. The van der Waals surface area contributed by atoms with Gasteiger partial charge in [-0.1, -0.05) is 182 Å². The molecular weight excluding hydrogens is 725 g/mol. The summed E-state index contributed by atoms with van der Waals surface area (Å²) in [6.45, 7) is 0. The molecule has 10 rings (SSSR count). The number of nitrogens with zero attached hydrogens (tertiary/aromatic N) is 2. The Bertz CT molecular complexity index is 2740. The molecule has 60 heavy (non-hydrogen) atoms. The number of hydrogen-bond donors (Lipinski definition) is 0. The van der Waals surface area contributed by atoms with Crippen LogP contribution in [-0.2, 0) is 0 Å². The average molecular weight is 771 g/mol. The van der Waals surface area contributed by atoms with E-state index in [2.05, 4.69) is 240 Å². The molecule has 2 nitrogen and oxygen atoms in total. The van der Waals surface area contributed by atoms with E-state index < -0.39 is 0 Å². The van der Waals surface area contributed by atoms with Crippen LogP contribution in [-0.4, -0.2) is 0 Å². The highest BCUT2D eigenvalue weighted by molar-refractivity contribution is 6.06. The standard InChI is InChI=1S/C58H46N2/c1-5-17-45(18-6-1)51-39-41-57(55-27-15-13-25-53(51)55)59(47-21-9-3-10-22-47)49-35-31-43(32-36-49)29-30-44-33-37-50(38-34-44)60(48-23-11-4-12-24-48)58-42-40-52(46-19-7-2-8-20-46)54-26-14-16-28-56(54)58/h1-2,5-9,11,13-42H,3-4,10,12H2/b30-29+. The molecule has 288 valence electrons. The van der Waals surface area contributed by atoms with Crippen molar-refractivity contribution >= 4 is 56.4 Å². The summed E-state index contributed by atoms with van der Waals surface area (Å²) < 4.78 is 0. The molecular formula is C58H46N2. The van der Waals surface area contributed by atoms with Gasteiger partial charge in [-0.3, -0.25) is 0 Å². The molecule has 0 radical (unpaired) electrons. The molecule has 0 amide bonds. The zero-order valence-corrected chi connectivity index (χ0v) is 33.7. The van der Waals surface area contributed by atoms with Crippen molar-refractivity contribution in [3.63, 3.8) is 0 Å². The van der Waals surface area contributed by atoms with Gasteiger partial charge in [-0.2, -0.15) is 0 Å². The van der Waals surface area contributed by atoms with Crippen LogP contribution in [0.2, 0.25) is 0 Å². The van der Waals surface area contributed by atoms with Crippen LogP contribution in [0.25, 0.3) is 56.0 Å². The fraction of sp³-hybridized carbons (Fsp3) is 0.0690. The SMILES string of the molecule is C1=CC(N(c2ccc(/C=C/c3ccc(N(C4=CCCC=C4)c4ccc(-c5ccccc5)c5ccccc45)cc3)cc2)c2ccc(-c3ccccc3)c3ccccc23)=CCC1. The molecule has 0 saturated heterocycles. The Balaban J connectivity index is 0.948. The predicted octanol–water partition coefficient (Wildman–Crippen LogP) is 16.2. The molecule has 0 N–H and O–H groups in total. The number of anilines is 4. The zero-order valence-electron chi connectivity index (χ0n) is 33.7. The lowest BCUT2D eigenvalue weighted by Gasteiger charge is -2.29. The van der Waals surface area contributed by atoms with Crippen LogP contribution in [0.15, 0.2) is 230 Å². The normalized spacial score (nSPS) is 13.7. The summed E-state index contributed by atoms with van der Waals surface area (Å²) in [6, 6.07) is 66.1. The van der Waals surface area contributed by atoms with Crippen molar-refractivity contribution in [1.82, 2.24) is 0 Å². The Morgan fingerprint density at radius 2 is 0.717 bits per heavy atom. The second-order valence-electron chi connectivity index (χ2n) is 15.5. The molecule has 0 aliphatic heterocycles. The number of allylic oxidation sites excluding steroid dienone is 6. The van der Waals surface area contributed by atoms with Crippen LogP contribution in [0, 0.1) is 0 Å². The van der Waals surface area contributed by atoms with Gasteiger partial charge in [0.05, 0.1) is 11.4 Å². The molecule has 8 aromatic rings. The van der Waals surface area contributed by atoms with Crippen molar-refractivity contribution in [2.75, 3.05) is 9.80 Å². The first-order valence-corrected chi connectivity index (χ1v) is 21.1. The Morgan fingerprint density at radius 3 is 1.10 bits per heavy atom. The van der Waals surface area contributed by atoms with Gasteiger partial charge in [0.25, 0.3) is 0 Å². The molecule has 0 fully saturated rings. The number of hydrogen-bond acceptors (Lipinski definition) is 2. The summed E-state index contributed by atoms with van der Waals surface area (Å²) in [5.74, 6) is 0. The average Bonchev–Trinajstić information content (AvgIpc) is 3.33. The van der Waals surface area contributed by atoms with Gasteiger partial charge in [-0.15, -0.1) is 0 Å². The molecule has 0 heterocycles. The van der Waals surface area contributed by atoms with E-state index in [0.717, 1.165) is 48.2 Å². The summed E-state index contributed by atoms with van der Waals surface area (Å²) in [6.07, 6.45) is 22.5.